The fraction of sp³-hybridized carbons (Fsp3) is 1.00. The van der Waals surface area contributed by atoms with E-state index in [1.165, 1.54) is 62.5 Å². The zero-order valence-corrected chi connectivity index (χ0v) is 16.0. The molecule has 0 aromatic heterocycles. The molecule has 0 unspecified atom stereocenters. The van der Waals surface area contributed by atoms with Crippen LogP contribution in [0, 0.1) is 0 Å². The Morgan fingerprint density at radius 3 is 1.59 bits per heavy atom. The largest absolute Gasteiger partial charge is 0.331 e. The quantitative estimate of drug-likeness (QED) is 0.257. The SMILES string of the molecule is CCC[N+](C)(C)CCCCCCCCCC(OC)(OC)OC. The molecule has 22 heavy (non-hydrogen) atoms. The normalized spacial score (nSPS) is 12.8. The third kappa shape index (κ3) is 9.78. The summed E-state index contributed by atoms with van der Waals surface area (Å²) in [4.78, 5) is 0. The van der Waals surface area contributed by atoms with Crippen molar-refractivity contribution >= 4 is 0 Å². The van der Waals surface area contributed by atoms with Gasteiger partial charge < -0.3 is 18.7 Å². The Kier molecular flexibility index (Phi) is 12.2. The molecule has 134 valence electrons. The van der Waals surface area contributed by atoms with Crippen LogP contribution in [0.15, 0.2) is 0 Å². The van der Waals surface area contributed by atoms with E-state index in [1.807, 2.05) is 0 Å². The van der Waals surface area contributed by atoms with Crippen molar-refractivity contribution in [3.05, 3.63) is 0 Å². The first-order valence-corrected chi connectivity index (χ1v) is 8.92. The molecule has 0 aliphatic rings. The molecule has 0 spiro atoms. The van der Waals surface area contributed by atoms with Crippen LogP contribution < -0.4 is 0 Å². The molecule has 0 saturated heterocycles. The van der Waals surface area contributed by atoms with Crippen molar-refractivity contribution in [2.24, 2.45) is 0 Å². The Morgan fingerprint density at radius 1 is 0.682 bits per heavy atom. The predicted molar refractivity (Wildman–Crippen MR) is 92.8 cm³/mol. The highest BCUT2D eigenvalue weighted by Gasteiger charge is 2.28. The van der Waals surface area contributed by atoms with Gasteiger partial charge in [0, 0.05) is 27.8 Å². The molecular weight excluding hydrogens is 278 g/mol. The number of ether oxygens (including phenoxy) is 3. The van der Waals surface area contributed by atoms with Crippen molar-refractivity contribution in [1.82, 2.24) is 0 Å². The van der Waals surface area contributed by atoms with Crippen molar-refractivity contribution in [3.63, 3.8) is 0 Å². The minimum atomic E-state index is -0.844. The van der Waals surface area contributed by atoms with Crippen LogP contribution in [-0.4, -0.2) is 59.0 Å². The van der Waals surface area contributed by atoms with Crippen LogP contribution in [0.2, 0.25) is 0 Å². The number of hydrogen-bond donors (Lipinski definition) is 0. The van der Waals surface area contributed by atoms with Gasteiger partial charge in [-0.3, -0.25) is 0 Å². The topological polar surface area (TPSA) is 27.7 Å². The molecule has 0 amide bonds. The van der Waals surface area contributed by atoms with Crippen LogP contribution in [0.1, 0.15) is 64.7 Å². The zero-order valence-electron chi connectivity index (χ0n) is 16.0. The van der Waals surface area contributed by atoms with E-state index in [4.69, 9.17) is 14.2 Å². The molecule has 4 nitrogen and oxygen atoms in total. The van der Waals surface area contributed by atoms with Gasteiger partial charge in [0.1, 0.15) is 0 Å². The van der Waals surface area contributed by atoms with Gasteiger partial charge in [-0.15, -0.1) is 0 Å². The number of hydrogen-bond acceptors (Lipinski definition) is 3. The summed E-state index contributed by atoms with van der Waals surface area (Å²) in [6, 6.07) is 0. The Bertz CT molecular complexity index is 244. The van der Waals surface area contributed by atoms with Crippen molar-refractivity contribution in [2.75, 3.05) is 48.5 Å². The molecule has 0 heterocycles. The minimum Gasteiger partial charge on any atom is -0.331 e. The molecule has 0 saturated carbocycles. The van der Waals surface area contributed by atoms with Gasteiger partial charge in [0.15, 0.2) is 0 Å². The summed E-state index contributed by atoms with van der Waals surface area (Å²) in [5.74, 6) is -0.844. The molecule has 0 radical (unpaired) electrons. The van der Waals surface area contributed by atoms with Crippen molar-refractivity contribution < 1.29 is 18.7 Å². The van der Waals surface area contributed by atoms with Gasteiger partial charge in [-0.1, -0.05) is 32.6 Å². The third-order valence-electron chi connectivity index (χ3n) is 4.51. The van der Waals surface area contributed by atoms with Crippen LogP contribution >= 0.6 is 0 Å². The number of nitrogens with zero attached hydrogens (tertiary/aromatic N) is 1. The predicted octanol–water partition coefficient (Wildman–Crippen LogP) is 4.19. The highest BCUT2D eigenvalue weighted by molar-refractivity contribution is 4.56. The average molecular weight is 319 g/mol. The number of quaternary nitrogens is 1. The minimum absolute atomic E-state index is 0.791. The van der Waals surface area contributed by atoms with E-state index >= 15 is 0 Å². The van der Waals surface area contributed by atoms with Crippen LogP contribution in [0.5, 0.6) is 0 Å². The second-order valence-electron chi connectivity index (χ2n) is 6.90. The molecule has 0 N–H and O–H groups in total. The van der Waals surface area contributed by atoms with Crippen molar-refractivity contribution in [3.8, 4) is 0 Å². The lowest BCUT2D eigenvalue weighted by Gasteiger charge is -2.29. The first-order chi connectivity index (χ1) is 10.4. The summed E-state index contributed by atoms with van der Waals surface area (Å²) in [5.41, 5.74) is 0. The van der Waals surface area contributed by atoms with Crippen molar-refractivity contribution in [1.29, 1.82) is 0 Å². The smallest absolute Gasteiger partial charge is 0.282 e. The van der Waals surface area contributed by atoms with E-state index in [0.29, 0.717) is 0 Å². The molecule has 0 aliphatic carbocycles. The zero-order chi connectivity index (χ0) is 16.9. The lowest BCUT2D eigenvalue weighted by Crippen LogP contribution is -2.40. The molecule has 0 rings (SSSR count). The van der Waals surface area contributed by atoms with Gasteiger partial charge >= 0.3 is 0 Å². The standard InChI is InChI=1S/C18H40NO3/c1-7-16-19(2,3)17-14-12-10-8-9-11-13-15-18(20-4,21-5)22-6/h7-17H2,1-6H3/q+1. The molecule has 0 aromatic carbocycles. The molecule has 0 atom stereocenters. The van der Waals surface area contributed by atoms with Gasteiger partial charge in [-0.05, 0) is 25.7 Å². The highest BCUT2D eigenvalue weighted by Crippen LogP contribution is 2.21. The van der Waals surface area contributed by atoms with E-state index < -0.39 is 5.97 Å². The van der Waals surface area contributed by atoms with E-state index in [9.17, 15) is 0 Å². The van der Waals surface area contributed by atoms with Gasteiger partial charge in [0.2, 0.25) is 0 Å². The highest BCUT2D eigenvalue weighted by atomic mass is 16.9. The summed E-state index contributed by atoms with van der Waals surface area (Å²) in [6.45, 7) is 4.87. The van der Waals surface area contributed by atoms with Crippen LogP contribution in [0.3, 0.4) is 0 Å². The monoisotopic (exact) mass is 318 g/mol. The summed E-state index contributed by atoms with van der Waals surface area (Å²) >= 11 is 0. The van der Waals surface area contributed by atoms with E-state index in [0.717, 1.165) is 12.8 Å². The Hall–Kier alpha value is -0.160. The van der Waals surface area contributed by atoms with Gasteiger partial charge in [0.05, 0.1) is 27.2 Å². The number of methoxy groups -OCH3 is 3. The average Bonchev–Trinajstić information content (AvgIpc) is 2.50. The van der Waals surface area contributed by atoms with E-state index in [2.05, 4.69) is 21.0 Å². The second kappa shape index (κ2) is 12.3. The van der Waals surface area contributed by atoms with Crippen molar-refractivity contribution in [2.45, 2.75) is 70.7 Å². The van der Waals surface area contributed by atoms with Gasteiger partial charge in [-0.2, -0.15) is 0 Å². The second-order valence-corrected chi connectivity index (χ2v) is 6.90. The number of rotatable bonds is 15. The molecule has 0 bridgehead atoms. The number of unbranched alkanes of at least 4 members (excludes halogenated alkanes) is 6. The van der Waals surface area contributed by atoms with Gasteiger partial charge in [0.25, 0.3) is 5.97 Å². The molecule has 4 heteroatoms. The molecule has 0 fully saturated rings. The third-order valence-corrected chi connectivity index (χ3v) is 4.51. The Labute approximate surface area is 138 Å². The van der Waals surface area contributed by atoms with Crippen LogP contribution in [0.25, 0.3) is 0 Å². The van der Waals surface area contributed by atoms with Gasteiger partial charge in [-0.25, -0.2) is 0 Å². The van der Waals surface area contributed by atoms with E-state index in [-0.39, 0.29) is 0 Å². The summed E-state index contributed by atoms with van der Waals surface area (Å²) in [7, 11) is 9.58. The van der Waals surface area contributed by atoms with Crippen LogP contribution in [-0.2, 0) is 14.2 Å². The summed E-state index contributed by atoms with van der Waals surface area (Å²) < 4.78 is 17.1. The first kappa shape index (κ1) is 21.8. The van der Waals surface area contributed by atoms with Crippen LogP contribution in [0.4, 0.5) is 0 Å². The maximum atomic E-state index is 5.30. The maximum Gasteiger partial charge on any atom is 0.282 e. The molecular formula is C18H40NO3+. The lowest BCUT2D eigenvalue weighted by atomic mass is 10.1. The fourth-order valence-corrected chi connectivity index (χ4v) is 3.04. The summed E-state index contributed by atoms with van der Waals surface area (Å²) in [5, 5.41) is 0. The summed E-state index contributed by atoms with van der Waals surface area (Å²) in [6.07, 6.45) is 11.1. The molecule has 0 aliphatic heterocycles. The lowest BCUT2D eigenvalue weighted by molar-refractivity contribution is -0.890. The first-order valence-electron chi connectivity index (χ1n) is 8.92. The maximum absolute atomic E-state index is 5.30. The molecule has 0 aromatic rings. The fourth-order valence-electron chi connectivity index (χ4n) is 3.04. The Balaban J connectivity index is 3.51. The van der Waals surface area contributed by atoms with E-state index in [1.54, 1.807) is 21.3 Å². The Morgan fingerprint density at radius 2 is 1.14 bits per heavy atom.